The summed E-state index contributed by atoms with van der Waals surface area (Å²) >= 11 is 3.45. The van der Waals surface area contributed by atoms with E-state index in [0.29, 0.717) is 12.6 Å². The first-order valence-corrected chi connectivity index (χ1v) is 5.57. The molecule has 1 aromatic carbocycles. The molecule has 1 rings (SSSR count). The standard InChI is InChI=1S/C11H17BrN2/c1-8(2)14(3)11-5-4-10(12)6-9(11)7-13/h4-6,8H,7,13H2,1-3H3. The molecule has 0 unspecified atom stereocenters. The highest BCUT2D eigenvalue weighted by atomic mass is 79.9. The van der Waals surface area contributed by atoms with Crippen molar-refractivity contribution in [3.8, 4) is 0 Å². The minimum atomic E-state index is 0.487. The normalized spacial score (nSPS) is 10.7. The predicted octanol–water partition coefficient (Wildman–Crippen LogP) is 2.75. The van der Waals surface area contributed by atoms with Gasteiger partial charge in [0.1, 0.15) is 0 Å². The lowest BCUT2D eigenvalue weighted by atomic mass is 10.1. The van der Waals surface area contributed by atoms with E-state index < -0.39 is 0 Å². The minimum Gasteiger partial charge on any atom is -0.372 e. The Morgan fingerprint density at radius 2 is 2.07 bits per heavy atom. The van der Waals surface area contributed by atoms with Gasteiger partial charge in [-0.1, -0.05) is 15.9 Å². The number of nitrogens with two attached hydrogens (primary N) is 1. The van der Waals surface area contributed by atoms with E-state index in [1.165, 1.54) is 11.3 Å². The molecule has 78 valence electrons. The van der Waals surface area contributed by atoms with Crippen molar-refractivity contribution in [1.29, 1.82) is 0 Å². The number of benzene rings is 1. The highest BCUT2D eigenvalue weighted by Gasteiger charge is 2.09. The van der Waals surface area contributed by atoms with Crippen molar-refractivity contribution in [3.05, 3.63) is 28.2 Å². The summed E-state index contributed by atoms with van der Waals surface area (Å²) in [6, 6.07) is 6.72. The van der Waals surface area contributed by atoms with Crippen molar-refractivity contribution in [2.24, 2.45) is 5.73 Å². The Morgan fingerprint density at radius 1 is 1.43 bits per heavy atom. The van der Waals surface area contributed by atoms with Crippen LogP contribution >= 0.6 is 15.9 Å². The summed E-state index contributed by atoms with van der Waals surface area (Å²) in [5.41, 5.74) is 8.10. The average molecular weight is 257 g/mol. The molecule has 2 nitrogen and oxygen atoms in total. The Labute approximate surface area is 94.2 Å². The number of anilines is 1. The Balaban J connectivity index is 3.07. The van der Waals surface area contributed by atoms with Gasteiger partial charge in [-0.3, -0.25) is 0 Å². The van der Waals surface area contributed by atoms with Crippen molar-refractivity contribution < 1.29 is 0 Å². The quantitative estimate of drug-likeness (QED) is 0.902. The third kappa shape index (κ3) is 2.49. The first-order valence-electron chi connectivity index (χ1n) is 4.77. The van der Waals surface area contributed by atoms with E-state index in [1.807, 2.05) is 6.07 Å². The van der Waals surface area contributed by atoms with Crippen LogP contribution in [0.3, 0.4) is 0 Å². The second kappa shape index (κ2) is 4.80. The average Bonchev–Trinajstić information content (AvgIpc) is 2.16. The second-order valence-electron chi connectivity index (χ2n) is 3.68. The van der Waals surface area contributed by atoms with Gasteiger partial charge in [0.15, 0.2) is 0 Å². The van der Waals surface area contributed by atoms with Crippen LogP contribution in [0.1, 0.15) is 19.4 Å². The van der Waals surface area contributed by atoms with Crippen LogP contribution in [-0.4, -0.2) is 13.1 Å². The Hall–Kier alpha value is -0.540. The smallest absolute Gasteiger partial charge is 0.0412 e. The molecule has 0 spiro atoms. The first-order chi connectivity index (χ1) is 6.56. The molecule has 14 heavy (non-hydrogen) atoms. The van der Waals surface area contributed by atoms with E-state index in [-0.39, 0.29) is 0 Å². The third-order valence-corrected chi connectivity index (χ3v) is 2.91. The van der Waals surface area contributed by atoms with Crippen LogP contribution in [0.5, 0.6) is 0 Å². The van der Waals surface area contributed by atoms with Gasteiger partial charge < -0.3 is 10.6 Å². The molecule has 0 aliphatic heterocycles. The summed E-state index contributed by atoms with van der Waals surface area (Å²) < 4.78 is 1.08. The van der Waals surface area contributed by atoms with Gasteiger partial charge in [0.2, 0.25) is 0 Å². The van der Waals surface area contributed by atoms with Gasteiger partial charge in [0, 0.05) is 29.8 Å². The number of rotatable bonds is 3. The summed E-state index contributed by atoms with van der Waals surface area (Å²) in [5, 5.41) is 0. The SMILES string of the molecule is CC(C)N(C)c1ccc(Br)cc1CN. The summed E-state index contributed by atoms with van der Waals surface area (Å²) in [5.74, 6) is 0. The fourth-order valence-electron chi connectivity index (χ4n) is 1.34. The zero-order chi connectivity index (χ0) is 10.7. The van der Waals surface area contributed by atoms with Crippen LogP contribution in [0.25, 0.3) is 0 Å². The number of halogens is 1. The van der Waals surface area contributed by atoms with Crippen LogP contribution in [-0.2, 0) is 6.54 Å². The molecule has 0 amide bonds. The highest BCUT2D eigenvalue weighted by molar-refractivity contribution is 9.10. The number of nitrogens with zero attached hydrogens (tertiary/aromatic N) is 1. The van der Waals surface area contributed by atoms with E-state index in [2.05, 4.69) is 53.9 Å². The van der Waals surface area contributed by atoms with Crippen molar-refractivity contribution in [2.45, 2.75) is 26.4 Å². The Kier molecular flexibility index (Phi) is 3.96. The summed E-state index contributed by atoms with van der Waals surface area (Å²) in [7, 11) is 2.09. The van der Waals surface area contributed by atoms with Gasteiger partial charge in [-0.25, -0.2) is 0 Å². The van der Waals surface area contributed by atoms with Crippen LogP contribution in [0, 0.1) is 0 Å². The van der Waals surface area contributed by atoms with E-state index in [0.717, 1.165) is 4.47 Å². The molecule has 3 heteroatoms. The zero-order valence-corrected chi connectivity index (χ0v) is 10.5. The molecular formula is C11H17BrN2. The maximum absolute atomic E-state index is 5.71. The molecule has 0 saturated carbocycles. The second-order valence-corrected chi connectivity index (χ2v) is 4.60. The molecule has 1 aromatic rings. The Bertz CT molecular complexity index is 310. The largest absolute Gasteiger partial charge is 0.372 e. The van der Waals surface area contributed by atoms with E-state index in [9.17, 15) is 0 Å². The van der Waals surface area contributed by atoms with Crippen molar-refractivity contribution in [3.63, 3.8) is 0 Å². The first kappa shape index (κ1) is 11.5. The van der Waals surface area contributed by atoms with E-state index in [1.54, 1.807) is 0 Å². The molecule has 0 aliphatic rings. The molecule has 0 atom stereocenters. The van der Waals surface area contributed by atoms with Gasteiger partial charge in [0.25, 0.3) is 0 Å². The summed E-state index contributed by atoms with van der Waals surface area (Å²) in [6.45, 7) is 4.91. The Morgan fingerprint density at radius 3 is 2.57 bits per heavy atom. The van der Waals surface area contributed by atoms with Crippen molar-refractivity contribution in [2.75, 3.05) is 11.9 Å². The van der Waals surface area contributed by atoms with Gasteiger partial charge in [-0.05, 0) is 37.6 Å². The van der Waals surface area contributed by atoms with Gasteiger partial charge in [0.05, 0.1) is 0 Å². The minimum absolute atomic E-state index is 0.487. The fourth-order valence-corrected chi connectivity index (χ4v) is 1.75. The van der Waals surface area contributed by atoms with Gasteiger partial charge in [-0.15, -0.1) is 0 Å². The summed E-state index contributed by atoms with van der Waals surface area (Å²) in [6.07, 6.45) is 0. The molecular weight excluding hydrogens is 240 g/mol. The molecule has 0 radical (unpaired) electrons. The number of hydrogen-bond donors (Lipinski definition) is 1. The molecule has 0 heterocycles. The van der Waals surface area contributed by atoms with E-state index in [4.69, 9.17) is 5.73 Å². The predicted molar refractivity (Wildman–Crippen MR) is 65.6 cm³/mol. The van der Waals surface area contributed by atoms with Crippen molar-refractivity contribution in [1.82, 2.24) is 0 Å². The zero-order valence-electron chi connectivity index (χ0n) is 8.92. The maximum Gasteiger partial charge on any atom is 0.0412 e. The lowest BCUT2D eigenvalue weighted by Gasteiger charge is -2.26. The molecule has 0 bridgehead atoms. The van der Waals surface area contributed by atoms with Crippen LogP contribution in [0.2, 0.25) is 0 Å². The topological polar surface area (TPSA) is 29.3 Å². The monoisotopic (exact) mass is 256 g/mol. The lowest BCUT2D eigenvalue weighted by Crippen LogP contribution is -2.27. The molecule has 0 fully saturated rings. The van der Waals surface area contributed by atoms with Crippen LogP contribution in [0.4, 0.5) is 5.69 Å². The molecule has 0 aliphatic carbocycles. The number of hydrogen-bond acceptors (Lipinski definition) is 2. The van der Waals surface area contributed by atoms with Crippen LogP contribution in [0.15, 0.2) is 22.7 Å². The van der Waals surface area contributed by atoms with Gasteiger partial charge in [-0.2, -0.15) is 0 Å². The third-order valence-electron chi connectivity index (χ3n) is 2.42. The molecule has 2 N–H and O–H groups in total. The van der Waals surface area contributed by atoms with E-state index >= 15 is 0 Å². The highest BCUT2D eigenvalue weighted by Crippen LogP contribution is 2.24. The molecule has 0 aromatic heterocycles. The van der Waals surface area contributed by atoms with Gasteiger partial charge >= 0.3 is 0 Å². The lowest BCUT2D eigenvalue weighted by molar-refractivity contribution is 0.749. The summed E-state index contributed by atoms with van der Waals surface area (Å²) in [4.78, 5) is 2.23. The molecule has 0 saturated heterocycles. The fraction of sp³-hybridized carbons (Fsp3) is 0.455. The maximum atomic E-state index is 5.71. The van der Waals surface area contributed by atoms with Crippen molar-refractivity contribution >= 4 is 21.6 Å². The van der Waals surface area contributed by atoms with Crippen LogP contribution < -0.4 is 10.6 Å².